The Morgan fingerprint density at radius 3 is 2.36 bits per heavy atom. The molecule has 1 rings (SSSR count). The summed E-state index contributed by atoms with van der Waals surface area (Å²) >= 11 is 0. The molecule has 11 heavy (non-hydrogen) atoms. The monoisotopic (exact) mass is 160 g/mol. The molecular formula is C7H12O4. The Hall–Kier alpha value is -0.610. The molecule has 4 nitrogen and oxygen atoms in total. The molecule has 4 heteroatoms. The summed E-state index contributed by atoms with van der Waals surface area (Å²) in [6.45, 7) is 4.19. The molecule has 1 fully saturated rings. The van der Waals surface area contributed by atoms with E-state index in [0.717, 1.165) is 0 Å². The van der Waals surface area contributed by atoms with Crippen molar-refractivity contribution in [2.75, 3.05) is 13.2 Å². The average molecular weight is 160 g/mol. The molecule has 1 N–H and O–H groups in total. The van der Waals surface area contributed by atoms with Crippen molar-refractivity contribution >= 4 is 5.97 Å². The van der Waals surface area contributed by atoms with Gasteiger partial charge in [0.2, 0.25) is 0 Å². The summed E-state index contributed by atoms with van der Waals surface area (Å²) in [6, 6.07) is 0. The summed E-state index contributed by atoms with van der Waals surface area (Å²) in [7, 11) is 0. The summed E-state index contributed by atoms with van der Waals surface area (Å²) in [4.78, 5) is 10.5. The molecule has 0 aromatic carbocycles. The Morgan fingerprint density at radius 2 is 2.00 bits per heavy atom. The minimum Gasteiger partial charge on any atom is -0.481 e. The van der Waals surface area contributed by atoms with E-state index < -0.39 is 17.7 Å². The molecule has 1 saturated heterocycles. The van der Waals surface area contributed by atoms with E-state index >= 15 is 0 Å². The highest BCUT2D eigenvalue weighted by atomic mass is 16.7. The van der Waals surface area contributed by atoms with Gasteiger partial charge in [-0.2, -0.15) is 0 Å². The molecule has 0 amide bonds. The van der Waals surface area contributed by atoms with E-state index in [0.29, 0.717) is 13.2 Å². The molecule has 0 aromatic rings. The van der Waals surface area contributed by atoms with E-state index in [9.17, 15) is 4.79 Å². The number of rotatable bonds is 2. The zero-order valence-electron chi connectivity index (χ0n) is 6.66. The van der Waals surface area contributed by atoms with Gasteiger partial charge in [-0.3, -0.25) is 4.79 Å². The Kier molecular flexibility index (Phi) is 2.15. The van der Waals surface area contributed by atoms with Crippen molar-refractivity contribution in [2.45, 2.75) is 19.6 Å². The molecule has 1 atom stereocenters. The van der Waals surface area contributed by atoms with Gasteiger partial charge in [0.05, 0.1) is 13.2 Å². The van der Waals surface area contributed by atoms with Crippen molar-refractivity contribution in [3.05, 3.63) is 0 Å². The molecule has 0 unspecified atom stereocenters. The Bertz CT molecular complexity index is 160. The molecule has 1 aliphatic rings. The molecule has 0 spiro atoms. The zero-order valence-corrected chi connectivity index (χ0v) is 6.66. The van der Waals surface area contributed by atoms with Gasteiger partial charge in [-0.1, -0.05) is 0 Å². The fourth-order valence-corrected chi connectivity index (χ4v) is 1.00. The second kappa shape index (κ2) is 2.79. The standard InChI is InChI=1S/C7H12O4/c1-5(6(8)9)7(2)10-3-4-11-7/h5H,3-4H2,1-2H3,(H,8,9)/t5-/m0/s1. The lowest BCUT2D eigenvalue weighted by Gasteiger charge is -2.25. The number of aliphatic carboxylic acids is 1. The molecule has 0 saturated carbocycles. The van der Waals surface area contributed by atoms with Crippen LogP contribution in [0.3, 0.4) is 0 Å². The van der Waals surface area contributed by atoms with Crippen molar-refractivity contribution < 1.29 is 19.4 Å². The normalized spacial score (nSPS) is 24.9. The third-order valence-electron chi connectivity index (χ3n) is 2.02. The molecule has 0 radical (unpaired) electrons. The van der Waals surface area contributed by atoms with Gasteiger partial charge in [0.1, 0.15) is 5.92 Å². The number of carboxylic acid groups (broad SMARTS) is 1. The van der Waals surface area contributed by atoms with Crippen molar-refractivity contribution in [2.24, 2.45) is 5.92 Å². The second-order valence-corrected chi connectivity index (χ2v) is 2.77. The molecule has 0 bridgehead atoms. The zero-order chi connectivity index (χ0) is 8.48. The Balaban J connectivity index is 2.63. The van der Waals surface area contributed by atoms with Gasteiger partial charge in [-0.25, -0.2) is 0 Å². The highest BCUT2D eigenvalue weighted by molar-refractivity contribution is 5.70. The smallest absolute Gasteiger partial charge is 0.311 e. The first-order valence-corrected chi connectivity index (χ1v) is 3.57. The molecule has 0 aliphatic carbocycles. The van der Waals surface area contributed by atoms with Crippen LogP contribution in [0.4, 0.5) is 0 Å². The third-order valence-corrected chi connectivity index (χ3v) is 2.02. The van der Waals surface area contributed by atoms with Crippen LogP contribution in [0.25, 0.3) is 0 Å². The van der Waals surface area contributed by atoms with E-state index in [1.54, 1.807) is 13.8 Å². The van der Waals surface area contributed by atoms with E-state index in [4.69, 9.17) is 14.6 Å². The summed E-state index contributed by atoms with van der Waals surface area (Å²) < 4.78 is 10.3. The first kappa shape index (κ1) is 8.49. The van der Waals surface area contributed by atoms with E-state index in [2.05, 4.69) is 0 Å². The van der Waals surface area contributed by atoms with Gasteiger partial charge in [0, 0.05) is 0 Å². The minimum absolute atomic E-state index is 0.480. The van der Waals surface area contributed by atoms with Crippen molar-refractivity contribution in [1.29, 1.82) is 0 Å². The van der Waals surface area contributed by atoms with E-state index in [1.165, 1.54) is 0 Å². The first-order valence-electron chi connectivity index (χ1n) is 3.57. The number of hydrogen-bond donors (Lipinski definition) is 1. The fraction of sp³-hybridized carbons (Fsp3) is 0.857. The Morgan fingerprint density at radius 1 is 1.55 bits per heavy atom. The topological polar surface area (TPSA) is 55.8 Å². The first-order chi connectivity index (χ1) is 5.06. The summed E-state index contributed by atoms with van der Waals surface area (Å²) in [5, 5.41) is 8.65. The quantitative estimate of drug-likeness (QED) is 0.638. The van der Waals surface area contributed by atoms with Crippen LogP contribution in [0.1, 0.15) is 13.8 Å². The maximum absolute atomic E-state index is 10.5. The SMILES string of the molecule is C[C@@H](C(=O)O)C1(C)OCCO1. The summed E-state index contributed by atoms with van der Waals surface area (Å²) in [6.07, 6.45) is 0. The van der Waals surface area contributed by atoms with Crippen molar-refractivity contribution in [1.82, 2.24) is 0 Å². The van der Waals surface area contributed by atoms with Crippen LogP contribution in [-0.2, 0) is 14.3 Å². The highest BCUT2D eigenvalue weighted by Crippen LogP contribution is 2.27. The van der Waals surface area contributed by atoms with Gasteiger partial charge in [-0.05, 0) is 13.8 Å². The summed E-state index contributed by atoms with van der Waals surface area (Å²) in [5.41, 5.74) is 0. The lowest BCUT2D eigenvalue weighted by Crippen LogP contribution is -2.38. The van der Waals surface area contributed by atoms with Crippen LogP contribution < -0.4 is 0 Å². The molecule has 0 aromatic heterocycles. The van der Waals surface area contributed by atoms with Gasteiger partial charge in [-0.15, -0.1) is 0 Å². The van der Waals surface area contributed by atoms with Crippen LogP contribution in [0.2, 0.25) is 0 Å². The van der Waals surface area contributed by atoms with Gasteiger partial charge in [0.25, 0.3) is 0 Å². The molecular weight excluding hydrogens is 148 g/mol. The molecule has 1 aliphatic heterocycles. The largest absolute Gasteiger partial charge is 0.481 e. The minimum atomic E-state index is -0.925. The van der Waals surface area contributed by atoms with Crippen molar-refractivity contribution in [3.63, 3.8) is 0 Å². The predicted molar refractivity (Wildman–Crippen MR) is 37.1 cm³/mol. The van der Waals surface area contributed by atoms with Crippen LogP contribution in [-0.4, -0.2) is 30.1 Å². The number of carbonyl (C=O) groups is 1. The third kappa shape index (κ3) is 1.52. The Labute approximate surface area is 65.1 Å². The lowest BCUT2D eigenvalue weighted by atomic mass is 10.0. The number of carboxylic acids is 1. The highest BCUT2D eigenvalue weighted by Gasteiger charge is 2.41. The molecule has 64 valence electrons. The van der Waals surface area contributed by atoms with E-state index in [1.807, 2.05) is 0 Å². The fourth-order valence-electron chi connectivity index (χ4n) is 1.00. The predicted octanol–water partition coefficient (Wildman–Crippen LogP) is 0.470. The lowest BCUT2D eigenvalue weighted by molar-refractivity contribution is -0.193. The maximum atomic E-state index is 10.5. The number of hydrogen-bond acceptors (Lipinski definition) is 3. The number of ether oxygens (including phenoxy) is 2. The van der Waals surface area contributed by atoms with E-state index in [-0.39, 0.29) is 0 Å². The van der Waals surface area contributed by atoms with Crippen LogP contribution in [0.5, 0.6) is 0 Å². The van der Waals surface area contributed by atoms with Crippen LogP contribution >= 0.6 is 0 Å². The maximum Gasteiger partial charge on any atom is 0.311 e. The summed E-state index contributed by atoms with van der Waals surface area (Å²) in [5.74, 6) is -2.44. The van der Waals surface area contributed by atoms with Gasteiger partial charge < -0.3 is 14.6 Å². The molecule has 1 heterocycles. The average Bonchev–Trinajstić information content (AvgIpc) is 2.35. The van der Waals surface area contributed by atoms with Gasteiger partial charge >= 0.3 is 5.97 Å². The van der Waals surface area contributed by atoms with Crippen LogP contribution in [0, 0.1) is 5.92 Å². The van der Waals surface area contributed by atoms with Crippen LogP contribution in [0.15, 0.2) is 0 Å². The van der Waals surface area contributed by atoms with Gasteiger partial charge in [0.15, 0.2) is 5.79 Å². The second-order valence-electron chi connectivity index (χ2n) is 2.77. The van der Waals surface area contributed by atoms with Crippen molar-refractivity contribution in [3.8, 4) is 0 Å².